The monoisotopic (exact) mass is 370 g/mol. The number of benzene rings is 1. The van der Waals surface area contributed by atoms with Gasteiger partial charge >= 0.3 is 6.03 Å². The van der Waals surface area contributed by atoms with Gasteiger partial charge in [0.15, 0.2) is 5.82 Å². The van der Waals surface area contributed by atoms with Crippen LogP contribution in [0, 0.1) is 18.7 Å². The second-order valence-corrected chi connectivity index (χ2v) is 6.70. The van der Waals surface area contributed by atoms with Crippen molar-refractivity contribution in [1.29, 1.82) is 0 Å². The van der Waals surface area contributed by atoms with Crippen molar-refractivity contribution >= 4 is 17.9 Å². The Kier molecular flexibility index (Phi) is 5.69. The molecule has 7 heteroatoms. The van der Waals surface area contributed by atoms with Crippen LogP contribution >= 0.6 is 0 Å². The smallest absolute Gasteiger partial charge is 0.323 e. The Hall–Kier alpha value is -2.96. The zero-order chi connectivity index (χ0) is 19.4. The predicted molar refractivity (Wildman–Crippen MR) is 102 cm³/mol. The highest BCUT2D eigenvalue weighted by atomic mass is 19.1. The summed E-state index contributed by atoms with van der Waals surface area (Å²) in [5.74, 6) is 0.803. The Morgan fingerprint density at radius 3 is 2.81 bits per heavy atom. The number of aryl methyl sites for hydroxylation is 1. The van der Waals surface area contributed by atoms with Crippen LogP contribution in [0.2, 0.25) is 0 Å². The summed E-state index contributed by atoms with van der Waals surface area (Å²) in [6, 6.07) is 4.92. The highest BCUT2D eigenvalue weighted by Crippen LogP contribution is 2.26. The Balaban J connectivity index is 1.62. The van der Waals surface area contributed by atoms with E-state index >= 15 is 0 Å². The fraction of sp³-hybridized carbons (Fsp3) is 0.350. The number of ether oxygens (including phenoxy) is 1. The van der Waals surface area contributed by atoms with Crippen molar-refractivity contribution in [1.82, 2.24) is 14.9 Å². The van der Waals surface area contributed by atoms with Crippen molar-refractivity contribution in [2.24, 2.45) is 5.92 Å². The van der Waals surface area contributed by atoms with Crippen molar-refractivity contribution in [2.45, 2.75) is 20.3 Å². The van der Waals surface area contributed by atoms with Gasteiger partial charge in [-0.2, -0.15) is 0 Å². The SMILES string of the molecule is COc1cnc(NC(=O)N2CC/C(=C\c3ccc(F)c(C)c3)C(C)C2)cn1. The maximum absolute atomic E-state index is 13.4. The molecule has 0 aliphatic carbocycles. The average Bonchev–Trinajstić information content (AvgIpc) is 2.67. The van der Waals surface area contributed by atoms with Crippen LogP contribution in [0.1, 0.15) is 24.5 Å². The largest absolute Gasteiger partial charge is 0.480 e. The first-order valence-corrected chi connectivity index (χ1v) is 8.85. The maximum atomic E-state index is 13.4. The minimum Gasteiger partial charge on any atom is -0.480 e. The number of nitrogens with one attached hydrogen (secondary N) is 1. The number of halogens is 1. The second-order valence-electron chi connectivity index (χ2n) is 6.70. The summed E-state index contributed by atoms with van der Waals surface area (Å²) in [4.78, 5) is 22.4. The average molecular weight is 370 g/mol. The molecule has 2 aromatic rings. The van der Waals surface area contributed by atoms with Crippen LogP contribution in [0.3, 0.4) is 0 Å². The predicted octanol–water partition coefficient (Wildman–Crippen LogP) is 3.89. The van der Waals surface area contributed by atoms with Crippen molar-refractivity contribution < 1.29 is 13.9 Å². The molecule has 1 saturated heterocycles. The number of carbonyl (C=O) groups is 1. The van der Waals surface area contributed by atoms with Gasteiger partial charge in [-0.1, -0.05) is 24.6 Å². The molecule has 0 saturated carbocycles. The summed E-state index contributed by atoms with van der Waals surface area (Å²) in [5.41, 5.74) is 2.88. The molecule has 2 heterocycles. The minimum absolute atomic E-state index is 0.196. The van der Waals surface area contributed by atoms with E-state index in [2.05, 4.69) is 28.3 Å². The van der Waals surface area contributed by atoms with E-state index in [1.165, 1.54) is 31.1 Å². The van der Waals surface area contributed by atoms with E-state index in [9.17, 15) is 9.18 Å². The molecule has 0 bridgehead atoms. The van der Waals surface area contributed by atoms with Crippen LogP contribution in [-0.2, 0) is 0 Å². The second kappa shape index (κ2) is 8.16. The number of amides is 2. The van der Waals surface area contributed by atoms with E-state index in [1.807, 2.05) is 6.07 Å². The Morgan fingerprint density at radius 1 is 1.37 bits per heavy atom. The van der Waals surface area contributed by atoms with E-state index in [0.29, 0.717) is 30.4 Å². The van der Waals surface area contributed by atoms with E-state index in [1.54, 1.807) is 17.9 Å². The van der Waals surface area contributed by atoms with E-state index in [0.717, 1.165) is 12.0 Å². The summed E-state index contributed by atoms with van der Waals surface area (Å²) in [6.07, 6.45) is 5.80. The Bertz CT molecular complexity index is 852. The molecule has 0 radical (unpaired) electrons. The van der Waals surface area contributed by atoms with Gasteiger partial charge in [0, 0.05) is 13.1 Å². The summed E-state index contributed by atoms with van der Waals surface area (Å²) in [6.45, 7) is 5.08. The lowest BCUT2D eigenvalue weighted by Gasteiger charge is -2.33. The van der Waals surface area contributed by atoms with Gasteiger partial charge in [0.05, 0.1) is 19.5 Å². The van der Waals surface area contributed by atoms with E-state index in [-0.39, 0.29) is 17.8 Å². The minimum atomic E-state index is -0.196. The Morgan fingerprint density at radius 2 is 2.19 bits per heavy atom. The van der Waals surface area contributed by atoms with Crippen LogP contribution in [0.15, 0.2) is 36.2 Å². The first-order valence-electron chi connectivity index (χ1n) is 8.85. The molecule has 1 N–H and O–H groups in total. The number of urea groups is 1. The maximum Gasteiger partial charge on any atom is 0.323 e. The number of carbonyl (C=O) groups excluding carboxylic acids is 1. The van der Waals surface area contributed by atoms with Crippen LogP contribution in [0.5, 0.6) is 5.88 Å². The topological polar surface area (TPSA) is 67.3 Å². The molecule has 1 aromatic heterocycles. The number of piperidine rings is 1. The van der Waals surface area contributed by atoms with Gasteiger partial charge in [-0.15, -0.1) is 0 Å². The Labute approximate surface area is 158 Å². The summed E-state index contributed by atoms with van der Waals surface area (Å²) in [5, 5.41) is 2.76. The third kappa shape index (κ3) is 4.61. The van der Waals surface area contributed by atoms with Gasteiger partial charge < -0.3 is 9.64 Å². The van der Waals surface area contributed by atoms with E-state index in [4.69, 9.17) is 4.74 Å². The molecule has 1 aliphatic heterocycles. The van der Waals surface area contributed by atoms with Crippen molar-refractivity contribution in [2.75, 3.05) is 25.5 Å². The summed E-state index contributed by atoms with van der Waals surface area (Å²) >= 11 is 0. The molecule has 1 unspecified atom stereocenters. The molecular weight excluding hydrogens is 347 g/mol. The third-order valence-electron chi connectivity index (χ3n) is 4.69. The van der Waals surface area contributed by atoms with Crippen molar-refractivity contribution in [3.63, 3.8) is 0 Å². The number of likely N-dealkylation sites (tertiary alicyclic amines) is 1. The number of methoxy groups -OCH3 is 1. The molecule has 1 fully saturated rings. The van der Waals surface area contributed by atoms with Crippen LogP contribution in [0.4, 0.5) is 15.0 Å². The lowest BCUT2D eigenvalue weighted by Crippen LogP contribution is -2.42. The number of hydrogen-bond donors (Lipinski definition) is 1. The van der Waals surface area contributed by atoms with Gasteiger partial charge in [-0.25, -0.2) is 19.2 Å². The molecule has 27 heavy (non-hydrogen) atoms. The fourth-order valence-corrected chi connectivity index (χ4v) is 3.09. The first kappa shape index (κ1) is 18.8. The summed E-state index contributed by atoms with van der Waals surface area (Å²) in [7, 11) is 1.51. The van der Waals surface area contributed by atoms with Crippen molar-refractivity contribution in [3.05, 3.63) is 53.1 Å². The first-order chi connectivity index (χ1) is 13.0. The fourth-order valence-electron chi connectivity index (χ4n) is 3.09. The standard InChI is InChI=1S/C20H23FN4O2/c1-13-8-15(4-5-17(13)21)9-16-6-7-25(12-14(16)2)20(26)24-18-10-23-19(27-3)11-22-18/h4-5,8-11,14H,6-7,12H2,1-3H3,(H,22,24,26)/b16-9+. The molecule has 1 aromatic carbocycles. The highest BCUT2D eigenvalue weighted by Gasteiger charge is 2.24. The third-order valence-corrected chi connectivity index (χ3v) is 4.69. The number of rotatable bonds is 3. The van der Waals surface area contributed by atoms with Gasteiger partial charge in [-0.05, 0) is 42.5 Å². The molecule has 2 amide bonds. The van der Waals surface area contributed by atoms with Crippen molar-refractivity contribution in [3.8, 4) is 5.88 Å². The highest BCUT2D eigenvalue weighted by molar-refractivity contribution is 5.88. The van der Waals surface area contributed by atoms with Gasteiger partial charge in [0.2, 0.25) is 5.88 Å². The van der Waals surface area contributed by atoms with Crippen LogP contribution < -0.4 is 10.1 Å². The molecule has 3 rings (SSSR count). The number of anilines is 1. The molecule has 1 atom stereocenters. The lowest BCUT2D eigenvalue weighted by atomic mass is 9.91. The zero-order valence-electron chi connectivity index (χ0n) is 15.7. The molecular formula is C20H23FN4O2. The quantitative estimate of drug-likeness (QED) is 0.890. The molecule has 1 aliphatic rings. The van der Waals surface area contributed by atoms with Crippen LogP contribution in [-0.4, -0.2) is 41.1 Å². The van der Waals surface area contributed by atoms with Crippen LogP contribution in [0.25, 0.3) is 6.08 Å². The number of hydrogen-bond acceptors (Lipinski definition) is 4. The van der Waals surface area contributed by atoms with E-state index < -0.39 is 0 Å². The van der Waals surface area contributed by atoms with Gasteiger partial charge in [0.1, 0.15) is 5.82 Å². The lowest BCUT2D eigenvalue weighted by molar-refractivity contribution is 0.197. The van der Waals surface area contributed by atoms with Gasteiger partial charge in [-0.3, -0.25) is 5.32 Å². The van der Waals surface area contributed by atoms with Gasteiger partial charge in [0.25, 0.3) is 0 Å². The number of aromatic nitrogens is 2. The molecule has 6 nitrogen and oxygen atoms in total. The molecule has 0 spiro atoms. The zero-order valence-corrected chi connectivity index (χ0v) is 15.7. The molecule has 142 valence electrons. The number of nitrogens with zero attached hydrogens (tertiary/aromatic N) is 3. The normalized spacial score (nSPS) is 18.4. The summed E-state index contributed by atoms with van der Waals surface area (Å²) < 4.78 is 18.4.